The quantitative estimate of drug-likeness (QED) is 0.686. The van der Waals surface area contributed by atoms with Crippen molar-refractivity contribution >= 4 is 15.9 Å². The van der Waals surface area contributed by atoms with Gasteiger partial charge in [0.25, 0.3) is 0 Å². The van der Waals surface area contributed by atoms with Crippen LogP contribution in [0.2, 0.25) is 0 Å². The van der Waals surface area contributed by atoms with E-state index in [0.717, 1.165) is 21.5 Å². The molecule has 0 aliphatic carbocycles. The molecule has 0 saturated carbocycles. The maximum Gasteiger partial charge on any atom is 0.0425 e. The van der Waals surface area contributed by atoms with Crippen molar-refractivity contribution in [3.05, 3.63) is 52.4 Å². The Morgan fingerprint density at radius 1 is 1.62 bits per heavy atom. The van der Waals surface area contributed by atoms with Crippen LogP contribution in [0.15, 0.2) is 35.3 Å². The first-order valence-corrected chi connectivity index (χ1v) is 4.71. The monoisotopic (exact) mass is 233 g/mol. The summed E-state index contributed by atoms with van der Waals surface area (Å²) >= 11 is 3.41. The molecule has 0 fully saturated rings. The fourth-order valence-electron chi connectivity index (χ4n) is 1.11. The molecule has 0 aliphatic rings. The van der Waals surface area contributed by atoms with E-state index in [9.17, 15) is 0 Å². The third-order valence-electron chi connectivity index (χ3n) is 1.89. The van der Waals surface area contributed by atoms with Crippen LogP contribution in [0.4, 0.5) is 0 Å². The van der Waals surface area contributed by atoms with Crippen LogP contribution >= 0.6 is 15.9 Å². The molecule has 1 rings (SSSR count). The van der Waals surface area contributed by atoms with E-state index in [1.807, 2.05) is 31.2 Å². The SMILES string of the molecule is C#Cc1c(Br)cccc1[C](C)C=C. The van der Waals surface area contributed by atoms with E-state index in [4.69, 9.17) is 6.42 Å². The summed E-state index contributed by atoms with van der Waals surface area (Å²) in [6.07, 6.45) is 7.22. The van der Waals surface area contributed by atoms with Crippen LogP contribution in [0.25, 0.3) is 0 Å². The number of halogens is 1. The summed E-state index contributed by atoms with van der Waals surface area (Å²) in [6.45, 7) is 5.72. The molecule has 0 bridgehead atoms. The van der Waals surface area contributed by atoms with Crippen molar-refractivity contribution in [2.45, 2.75) is 6.92 Å². The van der Waals surface area contributed by atoms with Gasteiger partial charge in [0.05, 0.1) is 0 Å². The van der Waals surface area contributed by atoms with Gasteiger partial charge in [0.15, 0.2) is 0 Å². The first-order valence-electron chi connectivity index (χ1n) is 3.92. The highest BCUT2D eigenvalue weighted by atomic mass is 79.9. The summed E-state index contributed by atoms with van der Waals surface area (Å²) in [5, 5.41) is 0. The van der Waals surface area contributed by atoms with Crippen molar-refractivity contribution < 1.29 is 0 Å². The van der Waals surface area contributed by atoms with Crippen LogP contribution in [0.1, 0.15) is 18.1 Å². The third-order valence-corrected chi connectivity index (χ3v) is 2.55. The first-order chi connectivity index (χ1) is 6.20. The highest BCUT2D eigenvalue weighted by molar-refractivity contribution is 9.10. The standard InChI is InChI=1S/C12H10Br/c1-4-9(3)11-7-6-8-12(13)10(11)5-2/h2,4,6-8H,1H2,3H3. The van der Waals surface area contributed by atoms with Crippen molar-refractivity contribution in [2.24, 2.45) is 0 Å². The highest BCUT2D eigenvalue weighted by Gasteiger charge is 2.08. The Balaban J connectivity index is 3.29. The molecule has 13 heavy (non-hydrogen) atoms. The summed E-state index contributed by atoms with van der Waals surface area (Å²) in [7, 11) is 0. The minimum absolute atomic E-state index is 0.889. The average Bonchev–Trinajstić information content (AvgIpc) is 2.16. The molecule has 0 heterocycles. The molecular weight excluding hydrogens is 224 g/mol. The molecule has 0 unspecified atom stereocenters. The van der Waals surface area contributed by atoms with Crippen molar-refractivity contribution in [1.82, 2.24) is 0 Å². The molecule has 0 aromatic heterocycles. The molecule has 0 saturated heterocycles. The molecule has 1 heteroatoms. The van der Waals surface area contributed by atoms with Gasteiger partial charge in [-0.3, -0.25) is 0 Å². The maximum atomic E-state index is 5.42. The molecule has 0 atom stereocenters. The number of allylic oxidation sites excluding steroid dienone is 1. The van der Waals surface area contributed by atoms with Gasteiger partial charge in [-0.05, 0) is 27.6 Å². The maximum absolute atomic E-state index is 5.42. The molecule has 0 aliphatic heterocycles. The summed E-state index contributed by atoms with van der Waals surface area (Å²) in [5.41, 5.74) is 1.95. The molecule has 1 radical (unpaired) electrons. The lowest BCUT2D eigenvalue weighted by molar-refractivity contribution is 1.24. The topological polar surface area (TPSA) is 0 Å². The minimum atomic E-state index is 0.889. The second-order valence-electron chi connectivity index (χ2n) is 2.69. The highest BCUT2D eigenvalue weighted by Crippen LogP contribution is 2.25. The Hall–Kier alpha value is -1.00. The third kappa shape index (κ3) is 2.02. The van der Waals surface area contributed by atoms with E-state index < -0.39 is 0 Å². The lowest BCUT2D eigenvalue weighted by Gasteiger charge is -2.09. The Kier molecular flexibility index (Phi) is 3.33. The molecule has 1 aromatic carbocycles. The lowest BCUT2D eigenvalue weighted by atomic mass is 9.96. The van der Waals surface area contributed by atoms with Gasteiger partial charge in [0.1, 0.15) is 0 Å². The number of hydrogen-bond donors (Lipinski definition) is 0. The van der Waals surface area contributed by atoms with Crippen molar-refractivity contribution in [1.29, 1.82) is 0 Å². The van der Waals surface area contributed by atoms with Crippen LogP contribution in [0, 0.1) is 18.3 Å². The number of terminal acetylenes is 1. The van der Waals surface area contributed by atoms with Crippen LogP contribution in [0.5, 0.6) is 0 Å². The molecule has 0 N–H and O–H groups in total. The minimum Gasteiger partial charge on any atom is -0.115 e. The first kappa shape index (κ1) is 10.1. The molecule has 0 amide bonds. The van der Waals surface area contributed by atoms with Gasteiger partial charge in [-0.25, -0.2) is 0 Å². The summed E-state index contributed by atoms with van der Waals surface area (Å²) in [5.74, 6) is 3.76. The predicted molar refractivity (Wildman–Crippen MR) is 60.3 cm³/mol. The molecule has 0 nitrogen and oxygen atoms in total. The summed E-state index contributed by atoms with van der Waals surface area (Å²) in [4.78, 5) is 0. The van der Waals surface area contributed by atoms with E-state index in [1.165, 1.54) is 0 Å². The molecule has 0 spiro atoms. The Morgan fingerprint density at radius 3 is 2.85 bits per heavy atom. The van der Waals surface area contributed by atoms with Crippen LogP contribution in [0.3, 0.4) is 0 Å². The van der Waals surface area contributed by atoms with E-state index in [2.05, 4.69) is 28.4 Å². The Labute approximate surface area is 87.8 Å². The van der Waals surface area contributed by atoms with E-state index in [-0.39, 0.29) is 0 Å². The molecule has 65 valence electrons. The largest absolute Gasteiger partial charge is 0.115 e. The van der Waals surface area contributed by atoms with Crippen LogP contribution in [-0.2, 0) is 0 Å². The van der Waals surface area contributed by atoms with Crippen LogP contribution in [-0.4, -0.2) is 0 Å². The van der Waals surface area contributed by atoms with Crippen molar-refractivity contribution in [2.75, 3.05) is 0 Å². The molecule has 1 aromatic rings. The van der Waals surface area contributed by atoms with Gasteiger partial charge >= 0.3 is 0 Å². The van der Waals surface area contributed by atoms with Crippen molar-refractivity contribution in [3.8, 4) is 12.3 Å². The summed E-state index contributed by atoms with van der Waals surface area (Å²) < 4.78 is 0.953. The average molecular weight is 234 g/mol. The van der Waals surface area contributed by atoms with Crippen LogP contribution < -0.4 is 0 Å². The fraction of sp³-hybridized carbons (Fsp3) is 0.0833. The van der Waals surface area contributed by atoms with Crippen molar-refractivity contribution in [3.63, 3.8) is 0 Å². The van der Waals surface area contributed by atoms with E-state index in [0.29, 0.717) is 0 Å². The number of rotatable bonds is 2. The van der Waals surface area contributed by atoms with Gasteiger partial charge in [0, 0.05) is 16.0 Å². The Bertz CT molecular complexity index is 358. The molecular formula is C12H10Br. The Morgan fingerprint density at radius 2 is 2.31 bits per heavy atom. The number of hydrogen-bond acceptors (Lipinski definition) is 0. The zero-order chi connectivity index (χ0) is 9.84. The predicted octanol–water partition coefficient (Wildman–Crippen LogP) is 3.56. The second-order valence-corrected chi connectivity index (χ2v) is 3.55. The van der Waals surface area contributed by atoms with Gasteiger partial charge in [-0.1, -0.05) is 31.1 Å². The zero-order valence-corrected chi connectivity index (χ0v) is 9.06. The van der Waals surface area contributed by atoms with Gasteiger partial charge in [0.2, 0.25) is 0 Å². The normalized spacial score (nSPS) is 9.69. The van der Waals surface area contributed by atoms with Gasteiger partial charge < -0.3 is 0 Å². The summed E-state index contributed by atoms with van der Waals surface area (Å²) in [6, 6.07) is 5.90. The zero-order valence-electron chi connectivity index (χ0n) is 7.47. The fourth-order valence-corrected chi connectivity index (χ4v) is 1.59. The smallest absolute Gasteiger partial charge is 0.0425 e. The van der Waals surface area contributed by atoms with E-state index in [1.54, 1.807) is 0 Å². The van der Waals surface area contributed by atoms with E-state index >= 15 is 0 Å². The second kappa shape index (κ2) is 4.30. The van der Waals surface area contributed by atoms with Gasteiger partial charge in [-0.2, -0.15) is 0 Å². The lowest BCUT2D eigenvalue weighted by Crippen LogP contribution is -1.94. The van der Waals surface area contributed by atoms with Gasteiger partial charge in [-0.15, -0.1) is 13.0 Å². The number of benzene rings is 1.